The van der Waals surface area contributed by atoms with Gasteiger partial charge in [-0.25, -0.2) is 4.98 Å². The maximum Gasteiger partial charge on any atom is 0.0812 e. The predicted molar refractivity (Wildman–Crippen MR) is 96.6 cm³/mol. The highest BCUT2D eigenvalue weighted by Crippen LogP contribution is 2.39. The van der Waals surface area contributed by atoms with E-state index in [2.05, 4.69) is 56.3 Å². The number of fused-ring (bicyclic) bond motifs is 3. The second-order valence-corrected chi connectivity index (χ2v) is 6.68. The SMILES string of the molecule is CC.Cc1ccc(-c2cc(C)c3c(n2)-c2ccccc2C3)s1. The Morgan fingerprint density at radius 3 is 2.50 bits per heavy atom. The molecule has 1 aliphatic rings. The van der Waals surface area contributed by atoms with E-state index in [4.69, 9.17) is 4.98 Å². The fourth-order valence-electron chi connectivity index (χ4n) is 2.94. The molecule has 0 fully saturated rings. The average molecular weight is 307 g/mol. The van der Waals surface area contributed by atoms with Crippen molar-refractivity contribution < 1.29 is 0 Å². The van der Waals surface area contributed by atoms with Crippen molar-refractivity contribution in [2.45, 2.75) is 34.1 Å². The van der Waals surface area contributed by atoms with E-state index >= 15 is 0 Å². The Morgan fingerprint density at radius 2 is 1.77 bits per heavy atom. The molecular weight excluding hydrogens is 286 g/mol. The highest BCUT2D eigenvalue weighted by Gasteiger charge is 2.22. The molecule has 0 saturated carbocycles. The molecule has 22 heavy (non-hydrogen) atoms. The summed E-state index contributed by atoms with van der Waals surface area (Å²) in [6, 6.07) is 15.2. The molecular formula is C20H21NS. The van der Waals surface area contributed by atoms with Gasteiger partial charge in [0, 0.05) is 16.9 Å². The van der Waals surface area contributed by atoms with E-state index in [9.17, 15) is 0 Å². The largest absolute Gasteiger partial charge is 0.247 e. The summed E-state index contributed by atoms with van der Waals surface area (Å²) < 4.78 is 0. The molecule has 3 aromatic rings. The van der Waals surface area contributed by atoms with Gasteiger partial charge in [-0.1, -0.05) is 38.1 Å². The van der Waals surface area contributed by atoms with E-state index in [1.54, 1.807) is 0 Å². The Kier molecular flexibility index (Phi) is 4.12. The summed E-state index contributed by atoms with van der Waals surface area (Å²) in [5.74, 6) is 0. The molecule has 0 amide bonds. The van der Waals surface area contributed by atoms with Gasteiger partial charge < -0.3 is 0 Å². The summed E-state index contributed by atoms with van der Waals surface area (Å²) >= 11 is 1.81. The van der Waals surface area contributed by atoms with Crippen LogP contribution in [0.3, 0.4) is 0 Å². The summed E-state index contributed by atoms with van der Waals surface area (Å²) in [5.41, 5.74) is 7.74. The minimum absolute atomic E-state index is 1.02. The number of aryl methyl sites for hydroxylation is 2. The number of aromatic nitrogens is 1. The Labute approximate surface area is 136 Å². The standard InChI is InChI=1S/C18H15NS.C2H6/c1-11-9-16(17-8-7-12(2)20-17)19-18-14-6-4-3-5-13(14)10-15(11)18;1-2/h3-9H,10H2,1-2H3;1-2H3. The van der Waals surface area contributed by atoms with E-state index in [1.807, 2.05) is 25.2 Å². The van der Waals surface area contributed by atoms with Gasteiger partial charge in [0.15, 0.2) is 0 Å². The van der Waals surface area contributed by atoms with E-state index in [1.165, 1.54) is 37.7 Å². The maximum absolute atomic E-state index is 4.95. The van der Waals surface area contributed by atoms with E-state index < -0.39 is 0 Å². The van der Waals surface area contributed by atoms with Crippen LogP contribution in [-0.4, -0.2) is 4.98 Å². The van der Waals surface area contributed by atoms with Crippen LogP contribution in [0.2, 0.25) is 0 Å². The zero-order valence-electron chi connectivity index (χ0n) is 13.6. The van der Waals surface area contributed by atoms with Gasteiger partial charge in [-0.2, -0.15) is 0 Å². The summed E-state index contributed by atoms with van der Waals surface area (Å²) in [5, 5.41) is 0. The van der Waals surface area contributed by atoms with Crippen molar-refractivity contribution >= 4 is 11.3 Å². The van der Waals surface area contributed by atoms with Crippen LogP contribution in [-0.2, 0) is 6.42 Å². The van der Waals surface area contributed by atoms with Crippen LogP contribution in [0.5, 0.6) is 0 Å². The second kappa shape index (κ2) is 6.05. The molecule has 1 aromatic carbocycles. The van der Waals surface area contributed by atoms with Gasteiger partial charge in [-0.3, -0.25) is 0 Å². The van der Waals surface area contributed by atoms with Crippen molar-refractivity contribution in [3.8, 4) is 21.8 Å². The zero-order chi connectivity index (χ0) is 15.7. The first-order valence-corrected chi connectivity index (χ1v) is 8.69. The first kappa shape index (κ1) is 15.0. The minimum Gasteiger partial charge on any atom is -0.247 e. The maximum atomic E-state index is 4.95. The van der Waals surface area contributed by atoms with Crippen molar-refractivity contribution in [3.05, 3.63) is 64.0 Å². The molecule has 1 nitrogen and oxygen atoms in total. The molecule has 0 atom stereocenters. The summed E-state index contributed by atoms with van der Waals surface area (Å²) in [4.78, 5) is 7.54. The molecule has 2 heteroatoms. The molecule has 4 rings (SSSR count). The van der Waals surface area contributed by atoms with Gasteiger partial charge in [0.05, 0.1) is 16.3 Å². The quantitative estimate of drug-likeness (QED) is 0.419. The lowest BCUT2D eigenvalue weighted by Crippen LogP contribution is -1.92. The zero-order valence-corrected chi connectivity index (χ0v) is 14.4. The third-order valence-electron chi connectivity index (χ3n) is 3.98. The normalized spacial score (nSPS) is 11.5. The Morgan fingerprint density at radius 1 is 1.00 bits per heavy atom. The Balaban J connectivity index is 0.000000693. The fraction of sp³-hybridized carbons (Fsp3) is 0.250. The molecule has 2 heterocycles. The van der Waals surface area contributed by atoms with Crippen molar-refractivity contribution in [1.82, 2.24) is 4.98 Å². The van der Waals surface area contributed by atoms with Crippen LogP contribution < -0.4 is 0 Å². The highest BCUT2D eigenvalue weighted by molar-refractivity contribution is 7.15. The van der Waals surface area contributed by atoms with Crippen molar-refractivity contribution in [2.75, 3.05) is 0 Å². The topological polar surface area (TPSA) is 12.9 Å². The third kappa shape index (κ3) is 2.48. The fourth-order valence-corrected chi connectivity index (χ4v) is 3.77. The van der Waals surface area contributed by atoms with Crippen LogP contribution in [0.15, 0.2) is 42.5 Å². The van der Waals surface area contributed by atoms with Crippen molar-refractivity contribution in [2.24, 2.45) is 0 Å². The minimum atomic E-state index is 1.02. The first-order chi connectivity index (χ1) is 10.7. The summed E-state index contributed by atoms with van der Waals surface area (Å²) in [6.07, 6.45) is 1.02. The number of rotatable bonds is 1. The average Bonchev–Trinajstić information content (AvgIpc) is 3.13. The number of hydrogen-bond donors (Lipinski definition) is 0. The molecule has 0 saturated heterocycles. The second-order valence-electron chi connectivity index (χ2n) is 5.40. The molecule has 1 aliphatic carbocycles. The number of benzene rings is 1. The lowest BCUT2D eigenvalue weighted by atomic mass is 10.1. The summed E-state index contributed by atoms with van der Waals surface area (Å²) in [7, 11) is 0. The number of hydrogen-bond acceptors (Lipinski definition) is 2. The predicted octanol–water partition coefficient (Wildman–Crippen LogP) is 6.02. The molecule has 0 radical (unpaired) electrons. The molecule has 112 valence electrons. The smallest absolute Gasteiger partial charge is 0.0812 e. The van der Waals surface area contributed by atoms with Gasteiger partial charge in [0.1, 0.15) is 0 Å². The van der Waals surface area contributed by atoms with E-state index in [-0.39, 0.29) is 0 Å². The molecule has 0 bridgehead atoms. The molecule has 0 spiro atoms. The number of nitrogens with zero attached hydrogens (tertiary/aromatic N) is 1. The van der Waals surface area contributed by atoms with Crippen molar-refractivity contribution in [3.63, 3.8) is 0 Å². The monoisotopic (exact) mass is 307 g/mol. The Hall–Kier alpha value is -1.93. The molecule has 0 unspecified atom stereocenters. The van der Waals surface area contributed by atoms with Crippen LogP contribution >= 0.6 is 11.3 Å². The lowest BCUT2D eigenvalue weighted by molar-refractivity contribution is 1.18. The molecule has 2 aromatic heterocycles. The van der Waals surface area contributed by atoms with Crippen LogP contribution in [0.4, 0.5) is 0 Å². The molecule has 0 N–H and O–H groups in total. The van der Waals surface area contributed by atoms with E-state index in [0.29, 0.717) is 0 Å². The first-order valence-electron chi connectivity index (χ1n) is 7.88. The Bertz CT molecular complexity index is 814. The van der Waals surface area contributed by atoms with Crippen LogP contribution in [0, 0.1) is 13.8 Å². The lowest BCUT2D eigenvalue weighted by Gasteiger charge is -2.07. The van der Waals surface area contributed by atoms with E-state index in [0.717, 1.165) is 12.1 Å². The third-order valence-corrected chi connectivity index (χ3v) is 5.00. The van der Waals surface area contributed by atoms with Gasteiger partial charge in [-0.05, 0) is 48.7 Å². The summed E-state index contributed by atoms with van der Waals surface area (Å²) in [6.45, 7) is 8.35. The molecule has 0 aliphatic heterocycles. The van der Waals surface area contributed by atoms with Crippen LogP contribution in [0.1, 0.15) is 35.4 Å². The van der Waals surface area contributed by atoms with Crippen molar-refractivity contribution in [1.29, 1.82) is 0 Å². The van der Waals surface area contributed by atoms with Gasteiger partial charge >= 0.3 is 0 Å². The number of pyridine rings is 1. The van der Waals surface area contributed by atoms with Gasteiger partial charge in [0.25, 0.3) is 0 Å². The highest BCUT2D eigenvalue weighted by atomic mass is 32.1. The number of thiophene rings is 1. The van der Waals surface area contributed by atoms with Gasteiger partial charge in [-0.15, -0.1) is 11.3 Å². The van der Waals surface area contributed by atoms with Gasteiger partial charge in [0.2, 0.25) is 0 Å². The van der Waals surface area contributed by atoms with Crippen LogP contribution in [0.25, 0.3) is 21.8 Å².